The third-order valence-electron chi connectivity index (χ3n) is 3.51. The van der Waals surface area contributed by atoms with Crippen molar-refractivity contribution in [2.24, 2.45) is 0 Å². The fourth-order valence-corrected chi connectivity index (χ4v) is 4.55. The van der Waals surface area contributed by atoms with Crippen molar-refractivity contribution in [2.75, 3.05) is 5.75 Å². The molecular formula is C12H13FN2O3S. The predicted octanol–water partition coefficient (Wildman–Crippen LogP) is 1.57. The Balaban J connectivity index is 2.25. The second-order valence-corrected chi connectivity index (χ2v) is 7.06. The van der Waals surface area contributed by atoms with E-state index < -0.39 is 26.7 Å². The lowest BCUT2D eigenvalue weighted by molar-refractivity contribution is 0.490. The highest BCUT2D eigenvalue weighted by Gasteiger charge is 2.32. The van der Waals surface area contributed by atoms with Crippen LogP contribution in [-0.2, 0) is 9.84 Å². The summed E-state index contributed by atoms with van der Waals surface area (Å²) in [6.07, 6.45) is 1.82. The van der Waals surface area contributed by atoms with E-state index in [1.807, 2.05) is 0 Å². The molecule has 5 nitrogen and oxygen atoms in total. The summed E-state index contributed by atoms with van der Waals surface area (Å²) in [7, 11) is -3.32. The van der Waals surface area contributed by atoms with Gasteiger partial charge in [0.15, 0.2) is 9.84 Å². The normalized spacial score (nSPS) is 22.7. The Morgan fingerprint density at radius 3 is 2.84 bits per heavy atom. The number of aromatic nitrogens is 2. The summed E-state index contributed by atoms with van der Waals surface area (Å²) in [6, 6.07) is 3.86. The van der Waals surface area contributed by atoms with E-state index in [0.29, 0.717) is 23.9 Å². The van der Waals surface area contributed by atoms with E-state index in [1.165, 1.54) is 22.8 Å². The van der Waals surface area contributed by atoms with Crippen molar-refractivity contribution in [1.29, 1.82) is 0 Å². The largest absolute Gasteiger partial charge is 0.327 e. The smallest absolute Gasteiger partial charge is 0.305 e. The van der Waals surface area contributed by atoms with Crippen LogP contribution in [-0.4, -0.2) is 23.7 Å². The third-order valence-corrected chi connectivity index (χ3v) is 5.64. The molecule has 1 aliphatic heterocycles. The molecule has 1 N–H and O–H groups in total. The van der Waals surface area contributed by atoms with Crippen molar-refractivity contribution >= 4 is 20.9 Å². The van der Waals surface area contributed by atoms with Crippen molar-refractivity contribution < 1.29 is 12.8 Å². The highest BCUT2D eigenvalue weighted by atomic mass is 32.2. The molecule has 3 rings (SSSR count). The van der Waals surface area contributed by atoms with Gasteiger partial charge in [-0.25, -0.2) is 17.6 Å². The SMILES string of the molecule is O=c1[nH]c2cc(F)ccc2n1C1CCCCS1(=O)=O. The van der Waals surface area contributed by atoms with Crippen LogP contribution in [0.4, 0.5) is 4.39 Å². The van der Waals surface area contributed by atoms with Gasteiger partial charge in [0.2, 0.25) is 0 Å². The summed E-state index contributed by atoms with van der Waals surface area (Å²) < 4.78 is 38.6. The first-order valence-corrected chi connectivity index (χ1v) is 7.82. The minimum absolute atomic E-state index is 0.0952. The maximum absolute atomic E-state index is 13.1. The molecule has 0 bridgehead atoms. The number of imidazole rings is 1. The summed E-state index contributed by atoms with van der Waals surface area (Å²) in [4.78, 5) is 14.5. The summed E-state index contributed by atoms with van der Waals surface area (Å²) in [5.41, 5.74) is 0.253. The zero-order chi connectivity index (χ0) is 13.6. The number of halogens is 1. The monoisotopic (exact) mass is 284 g/mol. The van der Waals surface area contributed by atoms with Crippen LogP contribution >= 0.6 is 0 Å². The van der Waals surface area contributed by atoms with Gasteiger partial charge >= 0.3 is 5.69 Å². The van der Waals surface area contributed by atoms with E-state index in [9.17, 15) is 17.6 Å². The van der Waals surface area contributed by atoms with Crippen LogP contribution in [0.25, 0.3) is 11.0 Å². The first-order chi connectivity index (χ1) is 8.99. The summed E-state index contributed by atoms with van der Waals surface area (Å²) in [5, 5.41) is -0.840. The van der Waals surface area contributed by atoms with E-state index in [0.717, 1.165) is 6.42 Å². The number of hydrogen-bond donors (Lipinski definition) is 1. The maximum Gasteiger partial charge on any atom is 0.327 e. The number of benzene rings is 1. The molecule has 0 spiro atoms. The zero-order valence-corrected chi connectivity index (χ0v) is 10.9. The summed E-state index contributed by atoms with van der Waals surface area (Å²) >= 11 is 0. The number of aromatic amines is 1. The molecule has 2 aromatic rings. The number of rotatable bonds is 1. The fourth-order valence-electron chi connectivity index (χ4n) is 2.62. The number of nitrogens with zero attached hydrogens (tertiary/aromatic N) is 1. The quantitative estimate of drug-likeness (QED) is 0.864. The van der Waals surface area contributed by atoms with Gasteiger partial charge in [0.25, 0.3) is 0 Å². The van der Waals surface area contributed by atoms with Crippen molar-refractivity contribution in [1.82, 2.24) is 9.55 Å². The van der Waals surface area contributed by atoms with Crippen molar-refractivity contribution in [2.45, 2.75) is 24.6 Å². The second-order valence-electron chi connectivity index (χ2n) is 4.78. The number of fused-ring (bicyclic) bond motifs is 1. The van der Waals surface area contributed by atoms with Gasteiger partial charge in [0.1, 0.15) is 11.2 Å². The van der Waals surface area contributed by atoms with Gasteiger partial charge in [-0.1, -0.05) is 0 Å². The lowest BCUT2D eigenvalue weighted by Crippen LogP contribution is -2.32. The summed E-state index contributed by atoms with van der Waals surface area (Å²) in [5.74, 6) is -0.370. The van der Waals surface area contributed by atoms with Crippen LogP contribution in [0.1, 0.15) is 24.6 Å². The van der Waals surface area contributed by atoms with Crippen LogP contribution in [0.3, 0.4) is 0 Å². The number of sulfone groups is 1. The Kier molecular flexibility index (Phi) is 2.74. The van der Waals surface area contributed by atoms with Crippen LogP contribution < -0.4 is 5.69 Å². The van der Waals surface area contributed by atoms with Gasteiger partial charge in [0, 0.05) is 0 Å². The van der Waals surface area contributed by atoms with Gasteiger partial charge in [-0.05, 0) is 37.5 Å². The molecule has 7 heteroatoms. The predicted molar refractivity (Wildman–Crippen MR) is 69.2 cm³/mol. The molecule has 0 aliphatic carbocycles. The topological polar surface area (TPSA) is 71.9 Å². The Morgan fingerprint density at radius 2 is 2.11 bits per heavy atom. The Hall–Kier alpha value is -1.63. The Labute approximate surface area is 109 Å². The first kappa shape index (κ1) is 12.4. The standard InChI is InChI=1S/C12H13FN2O3S/c13-8-4-5-10-9(7-8)14-12(16)15(10)11-3-1-2-6-19(11,17)18/h4-5,7,11H,1-3,6H2,(H,14,16). The van der Waals surface area contributed by atoms with Crippen LogP contribution in [0.15, 0.2) is 23.0 Å². The van der Waals surface area contributed by atoms with Gasteiger partial charge < -0.3 is 4.98 Å². The van der Waals surface area contributed by atoms with E-state index in [4.69, 9.17) is 0 Å². The average Bonchev–Trinajstić information content (AvgIpc) is 2.64. The van der Waals surface area contributed by atoms with E-state index in [1.54, 1.807) is 0 Å². The van der Waals surface area contributed by atoms with Gasteiger partial charge in [0.05, 0.1) is 16.8 Å². The molecule has 102 valence electrons. The van der Waals surface area contributed by atoms with E-state index in [-0.39, 0.29) is 5.75 Å². The van der Waals surface area contributed by atoms with Crippen molar-refractivity contribution in [3.63, 3.8) is 0 Å². The molecule has 1 aromatic heterocycles. The van der Waals surface area contributed by atoms with Crippen LogP contribution in [0.2, 0.25) is 0 Å². The molecule has 1 unspecified atom stereocenters. The lowest BCUT2D eigenvalue weighted by atomic mass is 10.2. The highest BCUT2D eigenvalue weighted by molar-refractivity contribution is 7.91. The molecule has 1 aliphatic rings. The van der Waals surface area contributed by atoms with Gasteiger partial charge in [-0.2, -0.15) is 0 Å². The zero-order valence-electron chi connectivity index (χ0n) is 10.1. The second kappa shape index (κ2) is 4.19. The number of hydrogen-bond acceptors (Lipinski definition) is 3. The van der Waals surface area contributed by atoms with Crippen LogP contribution in [0, 0.1) is 5.82 Å². The molecule has 1 aromatic carbocycles. The minimum atomic E-state index is -3.32. The average molecular weight is 284 g/mol. The molecule has 1 saturated heterocycles. The number of nitrogens with one attached hydrogen (secondary N) is 1. The molecule has 0 saturated carbocycles. The van der Waals surface area contributed by atoms with Gasteiger partial charge in [-0.15, -0.1) is 0 Å². The maximum atomic E-state index is 13.1. The van der Waals surface area contributed by atoms with Crippen molar-refractivity contribution in [3.05, 3.63) is 34.5 Å². The van der Waals surface area contributed by atoms with Crippen molar-refractivity contribution in [3.8, 4) is 0 Å². The molecule has 19 heavy (non-hydrogen) atoms. The Morgan fingerprint density at radius 1 is 1.32 bits per heavy atom. The van der Waals surface area contributed by atoms with E-state index in [2.05, 4.69) is 4.98 Å². The van der Waals surface area contributed by atoms with Gasteiger partial charge in [-0.3, -0.25) is 4.57 Å². The molecular weight excluding hydrogens is 271 g/mol. The van der Waals surface area contributed by atoms with E-state index >= 15 is 0 Å². The molecule has 1 fully saturated rings. The molecule has 1 atom stereocenters. The third kappa shape index (κ3) is 1.98. The Bertz CT molecular complexity index is 791. The summed E-state index contributed by atoms with van der Waals surface area (Å²) in [6.45, 7) is 0. The molecule has 0 radical (unpaired) electrons. The number of H-pyrrole nitrogens is 1. The fraction of sp³-hybridized carbons (Fsp3) is 0.417. The molecule has 2 heterocycles. The van der Waals surface area contributed by atoms with Crippen LogP contribution in [0.5, 0.6) is 0 Å². The first-order valence-electron chi connectivity index (χ1n) is 6.10. The molecule has 0 amide bonds. The highest BCUT2D eigenvalue weighted by Crippen LogP contribution is 2.30. The minimum Gasteiger partial charge on any atom is -0.305 e. The lowest BCUT2D eigenvalue weighted by Gasteiger charge is -2.23.